The zero-order valence-corrected chi connectivity index (χ0v) is 12.4. The first-order chi connectivity index (χ1) is 10.2. The Labute approximate surface area is 125 Å². The van der Waals surface area contributed by atoms with Gasteiger partial charge in [-0.2, -0.15) is 0 Å². The van der Waals surface area contributed by atoms with Gasteiger partial charge in [-0.05, 0) is 49.7 Å². The van der Waals surface area contributed by atoms with Crippen LogP contribution in [0.25, 0.3) is 10.8 Å². The predicted octanol–water partition coefficient (Wildman–Crippen LogP) is 4.28. The normalized spacial score (nSPS) is 10.8. The molecule has 0 unspecified atom stereocenters. The first kappa shape index (κ1) is 13.4. The summed E-state index contributed by atoms with van der Waals surface area (Å²) in [4.78, 5) is 6.55. The number of aryl methyl sites for hydroxylation is 1. The van der Waals surface area contributed by atoms with Gasteiger partial charge in [0.25, 0.3) is 0 Å². The topological polar surface area (TPSA) is 42.1 Å². The van der Waals surface area contributed by atoms with Crippen molar-refractivity contribution in [1.29, 1.82) is 0 Å². The average Bonchev–Trinajstić information content (AvgIpc) is 2.51. The number of benzene rings is 2. The molecule has 1 aromatic heterocycles. The molecule has 0 aliphatic rings. The van der Waals surface area contributed by atoms with Crippen molar-refractivity contribution in [2.75, 3.05) is 17.2 Å². The lowest BCUT2D eigenvalue weighted by molar-refractivity contribution is 1.03. The maximum atomic E-state index is 6.08. The van der Waals surface area contributed by atoms with Gasteiger partial charge < -0.3 is 10.6 Å². The van der Waals surface area contributed by atoms with Gasteiger partial charge in [0.05, 0.1) is 5.69 Å². The van der Waals surface area contributed by atoms with Crippen LogP contribution in [0.15, 0.2) is 54.9 Å². The Morgan fingerprint density at radius 2 is 1.95 bits per heavy atom. The van der Waals surface area contributed by atoms with Crippen molar-refractivity contribution in [1.82, 2.24) is 4.98 Å². The molecular weight excluding hydrogens is 258 g/mol. The van der Waals surface area contributed by atoms with Crippen molar-refractivity contribution in [3.63, 3.8) is 0 Å². The first-order valence-electron chi connectivity index (χ1n) is 7.17. The molecule has 3 rings (SSSR count). The number of pyridine rings is 1. The van der Waals surface area contributed by atoms with Crippen LogP contribution in [-0.4, -0.2) is 11.5 Å². The number of nitrogens with zero attached hydrogens (tertiary/aromatic N) is 2. The summed E-state index contributed by atoms with van der Waals surface area (Å²) in [7, 11) is 0. The highest BCUT2D eigenvalue weighted by molar-refractivity contribution is 6.02. The van der Waals surface area contributed by atoms with Crippen molar-refractivity contribution in [3.8, 4) is 0 Å². The second-order valence-corrected chi connectivity index (χ2v) is 5.18. The van der Waals surface area contributed by atoms with E-state index in [4.69, 9.17) is 5.73 Å². The third kappa shape index (κ3) is 2.42. The molecule has 0 spiro atoms. The zero-order chi connectivity index (χ0) is 14.8. The van der Waals surface area contributed by atoms with E-state index in [1.807, 2.05) is 18.3 Å². The van der Waals surface area contributed by atoms with Gasteiger partial charge in [-0.3, -0.25) is 4.98 Å². The standard InChI is InChI=1S/C18H19N3/c1-3-21(14-6-4-5-13(2)11-14)18-8-7-17(19)15-9-10-20-12-16(15)18/h4-12H,3,19H2,1-2H3. The molecule has 0 saturated heterocycles. The molecule has 0 aliphatic carbocycles. The van der Waals surface area contributed by atoms with Gasteiger partial charge in [0.2, 0.25) is 0 Å². The van der Waals surface area contributed by atoms with Crippen molar-refractivity contribution >= 4 is 27.8 Å². The number of rotatable bonds is 3. The molecule has 0 aliphatic heterocycles. The second kappa shape index (κ2) is 5.44. The highest BCUT2D eigenvalue weighted by Crippen LogP contribution is 2.34. The summed E-state index contributed by atoms with van der Waals surface area (Å²) in [5, 5.41) is 2.13. The number of fused-ring (bicyclic) bond motifs is 1. The number of anilines is 3. The molecule has 3 nitrogen and oxygen atoms in total. The van der Waals surface area contributed by atoms with Crippen molar-refractivity contribution in [2.24, 2.45) is 0 Å². The Balaban J connectivity index is 2.20. The summed E-state index contributed by atoms with van der Waals surface area (Å²) < 4.78 is 0. The molecule has 0 amide bonds. The van der Waals surface area contributed by atoms with Gasteiger partial charge in [0.1, 0.15) is 0 Å². The summed E-state index contributed by atoms with van der Waals surface area (Å²) in [5.74, 6) is 0. The molecule has 3 aromatic rings. The zero-order valence-electron chi connectivity index (χ0n) is 12.4. The third-order valence-corrected chi connectivity index (χ3v) is 3.75. The van der Waals surface area contributed by atoms with Gasteiger partial charge >= 0.3 is 0 Å². The Bertz CT molecular complexity index is 780. The van der Waals surface area contributed by atoms with Gasteiger partial charge in [-0.25, -0.2) is 0 Å². The fraction of sp³-hybridized carbons (Fsp3) is 0.167. The van der Waals surface area contributed by atoms with Crippen LogP contribution in [-0.2, 0) is 0 Å². The number of nitrogen functional groups attached to an aromatic ring is 1. The Morgan fingerprint density at radius 3 is 2.71 bits per heavy atom. The molecule has 0 saturated carbocycles. The van der Waals surface area contributed by atoms with Gasteiger partial charge in [0, 0.05) is 41.1 Å². The summed E-state index contributed by atoms with van der Waals surface area (Å²) in [6, 6.07) is 14.5. The van der Waals surface area contributed by atoms with Crippen LogP contribution >= 0.6 is 0 Å². The summed E-state index contributed by atoms with van der Waals surface area (Å²) in [5.41, 5.74) is 10.5. The summed E-state index contributed by atoms with van der Waals surface area (Å²) >= 11 is 0. The Kier molecular flexibility index (Phi) is 3.48. The molecule has 3 heteroatoms. The van der Waals surface area contributed by atoms with Crippen LogP contribution in [0.4, 0.5) is 17.1 Å². The maximum absolute atomic E-state index is 6.08. The van der Waals surface area contributed by atoms with Crippen molar-refractivity contribution in [3.05, 3.63) is 60.4 Å². The lowest BCUT2D eigenvalue weighted by atomic mass is 10.1. The van der Waals surface area contributed by atoms with E-state index >= 15 is 0 Å². The minimum absolute atomic E-state index is 0.788. The molecule has 0 fully saturated rings. The van der Waals surface area contributed by atoms with Crippen LogP contribution in [0.1, 0.15) is 12.5 Å². The van der Waals surface area contributed by atoms with E-state index in [1.165, 1.54) is 11.3 Å². The molecule has 106 valence electrons. The number of hydrogen-bond acceptors (Lipinski definition) is 3. The van der Waals surface area contributed by atoms with E-state index in [-0.39, 0.29) is 0 Å². The van der Waals surface area contributed by atoms with Crippen molar-refractivity contribution < 1.29 is 0 Å². The molecule has 2 aromatic carbocycles. The largest absolute Gasteiger partial charge is 0.398 e. The Morgan fingerprint density at radius 1 is 1.10 bits per heavy atom. The molecule has 21 heavy (non-hydrogen) atoms. The lowest BCUT2D eigenvalue weighted by Gasteiger charge is -2.25. The Hall–Kier alpha value is -2.55. The minimum Gasteiger partial charge on any atom is -0.398 e. The SMILES string of the molecule is CCN(c1cccc(C)c1)c1ccc(N)c2ccncc12. The number of aromatic nitrogens is 1. The first-order valence-corrected chi connectivity index (χ1v) is 7.17. The highest BCUT2D eigenvalue weighted by Gasteiger charge is 2.12. The average molecular weight is 277 g/mol. The molecule has 0 radical (unpaired) electrons. The minimum atomic E-state index is 0.788. The fourth-order valence-corrected chi connectivity index (χ4v) is 2.72. The fourth-order valence-electron chi connectivity index (χ4n) is 2.72. The van der Waals surface area contributed by atoms with E-state index in [2.05, 4.69) is 54.1 Å². The van der Waals surface area contributed by atoms with Crippen LogP contribution in [0.2, 0.25) is 0 Å². The summed E-state index contributed by atoms with van der Waals surface area (Å²) in [6.07, 6.45) is 3.67. The van der Waals surface area contributed by atoms with Gasteiger partial charge in [-0.15, -0.1) is 0 Å². The maximum Gasteiger partial charge on any atom is 0.0507 e. The van der Waals surface area contributed by atoms with Crippen LogP contribution in [0.5, 0.6) is 0 Å². The molecular formula is C18H19N3. The number of nitrogens with two attached hydrogens (primary N) is 1. The summed E-state index contributed by atoms with van der Waals surface area (Å²) in [6.45, 7) is 5.15. The van der Waals surface area contributed by atoms with E-state index < -0.39 is 0 Å². The quantitative estimate of drug-likeness (QED) is 0.726. The van der Waals surface area contributed by atoms with E-state index in [9.17, 15) is 0 Å². The number of hydrogen-bond donors (Lipinski definition) is 1. The smallest absolute Gasteiger partial charge is 0.0507 e. The predicted molar refractivity (Wildman–Crippen MR) is 90.0 cm³/mol. The van der Waals surface area contributed by atoms with E-state index in [1.54, 1.807) is 6.20 Å². The van der Waals surface area contributed by atoms with E-state index in [0.717, 1.165) is 28.7 Å². The highest BCUT2D eigenvalue weighted by atomic mass is 15.1. The van der Waals surface area contributed by atoms with Crippen LogP contribution in [0.3, 0.4) is 0 Å². The van der Waals surface area contributed by atoms with Gasteiger partial charge in [0.15, 0.2) is 0 Å². The molecule has 2 N–H and O–H groups in total. The van der Waals surface area contributed by atoms with Crippen LogP contribution < -0.4 is 10.6 Å². The molecule has 0 bridgehead atoms. The van der Waals surface area contributed by atoms with Crippen LogP contribution in [0, 0.1) is 6.92 Å². The third-order valence-electron chi connectivity index (χ3n) is 3.75. The molecule has 0 atom stereocenters. The monoisotopic (exact) mass is 277 g/mol. The van der Waals surface area contributed by atoms with Crippen molar-refractivity contribution in [2.45, 2.75) is 13.8 Å². The van der Waals surface area contributed by atoms with E-state index in [0.29, 0.717) is 0 Å². The molecule has 1 heterocycles. The lowest BCUT2D eigenvalue weighted by Crippen LogP contribution is -2.16. The second-order valence-electron chi connectivity index (χ2n) is 5.18. The van der Waals surface area contributed by atoms with Gasteiger partial charge in [-0.1, -0.05) is 12.1 Å².